The first kappa shape index (κ1) is 23.5. The molecule has 3 rings (SSSR count). The summed E-state index contributed by atoms with van der Waals surface area (Å²) in [6.07, 6.45) is 2.30. The van der Waals surface area contributed by atoms with Crippen molar-refractivity contribution in [1.82, 2.24) is 10.2 Å². The van der Waals surface area contributed by atoms with Crippen molar-refractivity contribution in [1.29, 1.82) is 0 Å². The number of ether oxygens (including phenoxy) is 1. The average molecular weight is 455 g/mol. The van der Waals surface area contributed by atoms with Gasteiger partial charge in [0, 0.05) is 49.5 Å². The van der Waals surface area contributed by atoms with Gasteiger partial charge in [-0.25, -0.2) is 0 Å². The van der Waals surface area contributed by atoms with Crippen LogP contribution in [0.3, 0.4) is 0 Å². The van der Waals surface area contributed by atoms with E-state index in [0.29, 0.717) is 30.2 Å². The number of nitrogens with zero attached hydrogens (tertiary/aromatic N) is 2. The summed E-state index contributed by atoms with van der Waals surface area (Å²) >= 11 is 5.21. The summed E-state index contributed by atoms with van der Waals surface area (Å²) in [6, 6.07) is 15.1. The number of piperazine rings is 1. The highest BCUT2D eigenvalue weighted by molar-refractivity contribution is 7.80. The SMILES string of the molecule is CCCCC(=O)NC(=S)Nc1ccc(N2CCN(C(=O)c3ccc(OC)cc3)CC2)cc1. The zero-order chi connectivity index (χ0) is 22.9. The molecular formula is C24H30N4O3S. The molecular weight excluding hydrogens is 424 g/mol. The van der Waals surface area contributed by atoms with Crippen molar-refractivity contribution >= 4 is 40.5 Å². The highest BCUT2D eigenvalue weighted by Gasteiger charge is 2.22. The number of hydrogen-bond donors (Lipinski definition) is 2. The molecule has 7 nitrogen and oxygen atoms in total. The van der Waals surface area contributed by atoms with Gasteiger partial charge in [0.15, 0.2) is 5.11 Å². The van der Waals surface area contributed by atoms with Crippen LogP contribution in [0.4, 0.5) is 11.4 Å². The molecule has 2 aromatic carbocycles. The third-order valence-electron chi connectivity index (χ3n) is 5.40. The Labute approximate surface area is 194 Å². The lowest BCUT2D eigenvalue weighted by molar-refractivity contribution is -0.119. The maximum Gasteiger partial charge on any atom is 0.253 e. The molecule has 1 aliphatic heterocycles. The number of nitrogens with one attached hydrogen (secondary N) is 2. The summed E-state index contributed by atoms with van der Waals surface area (Å²) in [5.74, 6) is 0.716. The lowest BCUT2D eigenvalue weighted by Crippen LogP contribution is -2.48. The van der Waals surface area contributed by atoms with Crippen molar-refractivity contribution in [3.05, 3.63) is 54.1 Å². The fourth-order valence-electron chi connectivity index (χ4n) is 3.53. The average Bonchev–Trinajstić information content (AvgIpc) is 2.83. The number of thiocarbonyl (C=S) groups is 1. The van der Waals surface area contributed by atoms with Crippen LogP contribution in [0.1, 0.15) is 36.5 Å². The highest BCUT2D eigenvalue weighted by Crippen LogP contribution is 2.21. The molecule has 0 spiro atoms. The van der Waals surface area contributed by atoms with Gasteiger partial charge in [-0.2, -0.15) is 0 Å². The second-order valence-corrected chi connectivity index (χ2v) is 8.07. The zero-order valence-electron chi connectivity index (χ0n) is 18.6. The van der Waals surface area contributed by atoms with Gasteiger partial charge in [-0.3, -0.25) is 9.59 Å². The van der Waals surface area contributed by atoms with Gasteiger partial charge in [0.05, 0.1) is 7.11 Å². The van der Waals surface area contributed by atoms with E-state index in [1.165, 1.54) is 0 Å². The minimum absolute atomic E-state index is 0.0429. The van der Waals surface area contributed by atoms with Crippen LogP contribution < -0.4 is 20.3 Å². The van der Waals surface area contributed by atoms with Crippen LogP contribution in [-0.2, 0) is 4.79 Å². The summed E-state index contributed by atoms with van der Waals surface area (Å²) in [5, 5.41) is 6.06. The van der Waals surface area contributed by atoms with Gasteiger partial charge in [-0.1, -0.05) is 13.3 Å². The first-order valence-electron chi connectivity index (χ1n) is 10.9. The molecule has 0 bridgehead atoms. The number of unbranched alkanes of at least 4 members (excludes halogenated alkanes) is 1. The minimum atomic E-state index is -0.0666. The Morgan fingerprint density at radius 1 is 1.00 bits per heavy atom. The molecule has 2 amide bonds. The second kappa shape index (κ2) is 11.5. The van der Waals surface area contributed by atoms with Crippen LogP contribution >= 0.6 is 12.2 Å². The van der Waals surface area contributed by atoms with Crippen molar-refractivity contribution in [3.8, 4) is 5.75 Å². The lowest BCUT2D eigenvalue weighted by Gasteiger charge is -2.36. The minimum Gasteiger partial charge on any atom is -0.497 e. The second-order valence-electron chi connectivity index (χ2n) is 7.66. The van der Waals surface area contributed by atoms with Crippen LogP contribution in [0, 0.1) is 0 Å². The summed E-state index contributed by atoms with van der Waals surface area (Å²) in [6.45, 7) is 4.91. The van der Waals surface area contributed by atoms with Gasteiger partial charge in [0.1, 0.15) is 5.75 Å². The summed E-state index contributed by atoms with van der Waals surface area (Å²) in [4.78, 5) is 28.7. The Hall–Kier alpha value is -3.13. The first-order chi connectivity index (χ1) is 15.5. The lowest BCUT2D eigenvalue weighted by atomic mass is 10.1. The van der Waals surface area contributed by atoms with Gasteiger partial charge < -0.3 is 25.2 Å². The number of hydrogen-bond acceptors (Lipinski definition) is 5. The Balaban J connectivity index is 1.48. The number of rotatable bonds is 7. The summed E-state index contributed by atoms with van der Waals surface area (Å²) < 4.78 is 5.16. The van der Waals surface area contributed by atoms with Gasteiger partial charge in [0.2, 0.25) is 5.91 Å². The Morgan fingerprint density at radius 3 is 2.25 bits per heavy atom. The number of carbonyl (C=O) groups is 2. The third kappa shape index (κ3) is 6.43. The molecule has 0 radical (unpaired) electrons. The van der Waals surface area contributed by atoms with Crippen molar-refractivity contribution in [2.45, 2.75) is 26.2 Å². The van der Waals surface area contributed by atoms with Gasteiger partial charge in [-0.05, 0) is 67.2 Å². The normalized spacial score (nSPS) is 13.4. The van der Waals surface area contributed by atoms with Crippen molar-refractivity contribution in [2.24, 2.45) is 0 Å². The molecule has 1 saturated heterocycles. The smallest absolute Gasteiger partial charge is 0.253 e. The van der Waals surface area contributed by atoms with E-state index in [2.05, 4.69) is 15.5 Å². The van der Waals surface area contributed by atoms with Crippen LogP contribution in [0.15, 0.2) is 48.5 Å². The maximum atomic E-state index is 12.7. The molecule has 0 unspecified atom stereocenters. The van der Waals surface area contributed by atoms with E-state index in [0.717, 1.165) is 43.1 Å². The van der Waals surface area contributed by atoms with Gasteiger partial charge in [0.25, 0.3) is 5.91 Å². The molecule has 2 N–H and O–H groups in total. The molecule has 0 saturated carbocycles. The number of amides is 2. The predicted octanol–water partition coefficient (Wildman–Crippen LogP) is 3.66. The topological polar surface area (TPSA) is 73.9 Å². The molecule has 1 fully saturated rings. The number of methoxy groups -OCH3 is 1. The maximum absolute atomic E-state index is 12.7. The van der Waals surface area contributed by atoms with E-state index in [1.54, 1.807) is 31.4 Å². The van der Waals surface area contributed by atoms with Gasteiger partial charge >= 0.3 is 0 Å². The molecule has 0 aliphatic carbocycles. The molecule has 0 aromatic heterocycles. The molecule has 1 heterocycles. The van der Waals surface area contributed by atoms with E-state index < -0.39 is 0 Å². The van der Waals surface area contributed by atoms with Crippen LogP contribution in [-0.4, -0.2) is 55.1 Å². The van der Waals surface area contributed by atoms with Crippen LogP contribution in [0.25, 0.3) is 0 Å². The van der Waals surface area contributed by atoms with E-state index >= 15 is 0 Å². The van der Waals surface area contributed by atoms with E-state index in [1.807, 2.05) is 36.1 Å². The Kier molecular flexibility index (Phi) is 8.44. The molecule has 8 heteroatoms. The molecule has 1 aliphatic rings. The van der Waals surface area contributed by atoms with E-state index in [-0.39, 0.29) is 11.8 Å². The number of benzene rings is 2. The molecule has 32 heavy (non-hydrogen) atoms. The van der Waals surface area contributed by atoms with Crippen LogP contribution in [0.2, 0.25) is 0 Å². The predicted molar refractivity (Wildman–Crippen MR) is 131 cm³/mol. The van der Waals surface area contributed by atoms with Gasteiger partial charge in [-0.15, -0.1) is 0 Å². The van der Waals surface area contributed by atoms with E-state index in [9.17, 15) is 9.59 Å². The third-order valence-corrected chi connectivity index (χ3v) is 5.61. The Bertz CT molecular complexity index is 923. The first-order valence-corrected chi connectivity index (χ1v) is 11.3. The van der Waals surface area contributed by atoms with Crippen molar-refractivity contribution in [3.63, 3.8) is 0 Å². The monoisotopic (exact) mass is 454 g/mol. The summed E-state index contributed by atoms with van der Waals surface area (Å²) in [5.41, 5.74) is 2.58. The Morgan fingerprint density at radius 2 is 1.66 bits per heavy atom. The fraction of sp³-hybridized carbons (Fsp3) is 0.375. The molecule has 2 aromatic rings. The number of anilines is 2. The summed E-state index contributed by atoms with van der Waals surface area (Å²) in [7, 11) is 1.61. The highest BCUT2D eigenvalue weighted by atomic mass is 32.1. The van der Waals surface area contributed by atoms with Crippen molar-refractivity contribution < 1.29 is 14.3 Å². The zero-order valence-corrected chi connectivity index (χ0v) is 19.4. The number of carbonyl (C=O) groups excluding carboxylic acids is 2. The van der Waals surface area contributed by atoms with Crippen LogP contribution in [0.5, 0.6) is 5.75 Å². The molecule has 0 atom stereocenters. The fourth-order valence-corrected chi connectivity index (χ4v) is 3.76. The quantitative estimate of drug-likeness (QED) is 0.622. The standard InChI is InChI=1S/C24H30N4O3S/c1-3-4-5-22(29)26-24(32)25-19-8-10-20(11-9-19)27-14-16-28(17-15-27)23(30)18-6-12-21(31-2)13-7-18/h6-13H,3-5,14-17H2,1-2H3,(H2,25,26,29,32). The molecule has 170 valence electrons. The van der Waals surface area contributed by atoms with E-state index in [4.69, 9.17) is 17.0 Å². The van der Waals surface area contributed by atoms with Crippen molar-refractivity contribution in [2.75, 3.05) is 43.5 Å². The largest absolute Gasteiger partial charge is 0.497 e.